The lowest BCUT2D eigenvalue weighted by molar-refractivity contribution is 0.628. The predicted octanol–water partition coefficient (Wildman–Crippen LogP) is 4.60. The molecule has 0 bridgehead atoms. The number of aromatic nitrogens is 3. The summed E-state index contributed by atoms with van der Waals surface area (Å²) in [6, 6.07) is 20.8. The highest BCUT2D eigenvalue weighted by Gasteiger charge is 2.20. The zero-order chi connectivity index (χ0) is 17.5. The van der Waals surface area contributed by atoms with Gasteiger partial charge in [-0.05, 0) is 46.7 Å². The van der Waals surface area contributed by atoms with Gasteiger partial charge >= 0.3 is 0 Å². The Hall–Kier alpha value is -2.99. The van der Waals surface area contributed by atoms with Gasteiger partial charge in [-0.3, -0.25) is 0 Å². The minimum Gasteiger partial charge on any atom is -0.207 e. The quantitative estimate of drug-likeness (QED) is 0.525. The number of halogens is 1. The summed E-state index contributed by atoms with van der Waals surface area (Å²) in [7, 11) is 0. The summed E-state index contributed by atoms with van der Waals surface area (Å²) in [6.07, 6.45) is 0. The minimum absolute atomic E-state index is 0.276. The lowest BCUT2D eigenvalue weighted by Gasteiger charge is -2.14. The van der Waals surface area contributed by atoms with E-state index in [0.717, 1.165) is 27.7 Å². The van der Waals surface area contributed by atoms with E-state index in [4.69, 9.17) is 5.10 Å². The fourth-order valence-corrected chi connectivity index (χ4v) is 3.86. The van der Waals surface area contributed by atoms with E-state index in [-0.39, 0.29) is 5.82 Å². The van der Waals surface area contributed by atoms with Crippen LogP contribution in [-0.4, -0.2) is 26.3 Å². The SMILES string of the molecule is Fc1ccc(-c2nnc3n2N=C(c2ccc4ccccc4c2)CS3)cc1. The molecule has 126 valence electrons. The molecule has 0 fully saturated rings. The molecule has 3 aromatic carbocycles. The normalized spacial score (nSPS) is 13.5. The van der Waals surface area contributed by atoms with Crippen LogP contribution in [0.4, 0.5) is 4.39 Å². The summed E-state index contributed by atoms with van der Waals surface area (Å²) in [5, 5.41) is 16.4. The van der Waals surface area contributed by atoms with Crippen molar-refractivity contribution in [3.05, 3.63) is 78.1 Å². The Balaban J connectivity index is 1.60. The van der Waals surface area contributed by atoms with Gasteiger partial charge in [0.2, 0.25) is 5.16 Å². The summed E-state index contributed by atoms with van der Waals surface area (Å²) in [5.41, 5.74) is 2.84. The number of benzene rings is 3. The fraction of sp³-hybridized carbons (Fsp3) is 0.0500. The van der Waals surface area contributed by atoms with Gasteiger partial charge in [-0.2, -0.15) is 9.78 Å². The number of hydrogen-bond donors (Lipinski definition) is 0. The van der Waals surface area contributed by atoms with Crippen molar-refractivity contribution in [1.29, 1.82) is 0 Å². The topological polar surface area (TPSA) is 43.1 Å². The second-order valence-corrected chi connectivity index (χ2v) is 6.96. The van der Waals surface area contributed by atoms with Gasteiger partial charge in [-0.25, -0.2) is 4.39 Å². The fourth-order valence-electron chi connectivity index (χ4n) is 3.02. The predicted molar refractivity (Wildman–Crippen MR) is 102 cm³/mol. The van der Waals surface area contributed by atoms with E-state index in [0.29, 0.717) is 5.82 Å². The standard InChI is InChI=1S/C20H13FN4S/c21-17-9-7-14(8-10-17)19-22-23-20-25(19)24-18(12-26-20)16-6-5-13-3-1-2-4-15(13)11-16/h1-11H,12H2. The number of fused-ring (bicyclic) bond motifs is 2. The molecule has 0 unspecified atom stereocenters. The van der Waals surface area contributed by atoms with Crippen molar-refractivity contribution in [2.45, 2.75) is 5.16 Å². The Morgan fingerprint density at radius 2 is 1.62 bits per heavy atom. The van der Waals surface area contributed by atoms with Crippen LogP contribution in [-0.2, 0) is 0 Å². The zero-order valence-corrected chi connectivity index (χ0v) is 14.4. The molecule has 0 spiro atoms. The van der Waals surface area contributed by atoms with Crippen molar-refractivity contribution in [1.82, 2.24) is 14.9 Å². The van der Waals surface area contributed by atoms with Gasteiger partial charge in [0.15, 0.2) is 5.82 Å². The molecule has 4 aromatic rings. The average molecular weight is 360 g/mol. The zero-order valence-electron chi connectivity index (χ0n) is 13.6. The Morgan fingerprint density at radius 1 is 0.846 bits per heavy atom. The molecule has 0 saturated heterocycles. The lowest BCUT2D eigenvalue weighted by Crippen LogP contribution is -2.13. The van der Waals surface area contributed by atoms with E-state index in [1.165, 1.54) is 22.9 Å². The number of nitrogens with zero attached hydrogens (tertiary/aromatic N) is 4. The van der Waals surface area contributed by atoms with Crippen LogP contribution in [0.2, 0.25) is 0 Å². The third-order valence-electron chi connectivity index (χ3n) is 4.36. The van der Waals surface area contributed by atoms with Gasteiger partial charge in [0.25, 0.3) is 0 Å². The smallest absolute Gasteiger partial charge is 0.207 e. The molecule has 1 aliphatic rings. The number of thioether (sulfide) groups is 1. The Kier molecular flexibility index (Phi) is 3.57. The van der Waals surface area contributed by atoms with E-state index in [9.17, 15) is 4.39 Å². The first-order valence-electron chi connectivity index (χ1n) is 8.19. The highest BCUT2D eigenvalue weighted by Crippen LogP contribution is 2.29. The molecule has 0 N–H and O–H groups in total. The Bertz CT molecular complexity index is 1150. The first-order valence-corrected chi connectivity index (χ1v) is 9.18. The molecule has 4 nitrogen and oxygen atoms in total. The molecule has 2 heterocycles. The molecular weight excluding hydrogens is 347 g/mol. The second kappa shape index (κ2) is 6.07. The van der Waals surface area contributed by atoms with Crippen molar-refractivity contribution in [2.75, 3.05) is 5.75 Å². The molecule has 1 aromatic heterocycles. The summed E-state index contributed by atoms with van der Waals surface area (Å²) < 4.78 is 14.9. The van der Waals surface area contributed by atoms with E-state index in [1.54, 1.807) is 28.6 Å². The van der Waals surface area contributed by atoms with Crippen LogP contribution in [0.5, 0.6) is 0 Å². The molecule has 0 aliphatic carbocycles. The van der Waals surface area contributed by atoms with Gasteiger partial charge in [0.05, 0.1) is 5.71 Å². The van der Waals surface area contributed by atoms with Crippen LogP contribution >= 0.6 is 11.8 Å². The largest absolute Gasteiger partial charge is 0.212 e. The number of hydrogen-bond acceptors (Lipinski definition) is 4. The van der Waals surface area contributed by atoms with Crippen molar-refractivity contribution >= 4 is 28.2 Å². The summed E-state index contributed by atoms with van der Waals surface area (Å²) in [6.45, 7) is 0. The third kappa shape index (κ3) is 2.59. The maximum atomic E-state index is 13.2. The molecule has 0 amide bonds. The van der Waals surface area contributed by atoms with Gasteiger partial charge < -0.3 is 0 Å². The van der Waals surface area contributed by atoms with Crippen molar-refractivity contribution in [3.63, 3.8) is 0 Å². The van der Waals surface area contributed by atoms with Gasteiger partial charge in [0, 0.05) is 11.3 Å². The van der Waals surface area contributed by atoms with Gasteiger partial charge in [0.1, 0.15) is 5.82 Å². The van der Waals surface area contributed by atoms with Gasteiger partial charge in [-0.15, -0.1) is 10.2 Å². The maximum Gasteiger partial charge on any atom is 0.212 e. The van der Waals surface area contributed by atoms with Crippen molar-refractivity contribution in [2.24, 2.45) is 5.10 Å². The number of rotatable bonds is 2. The molecule has 0 saturated carbocycles. The highest BCUT2D eigenvalue weighted by molar-refractivity contribution is 7.99. The average Bonchev–Trinajstić information content (AvgIpc) is 3.11. The van der Waals surface area contributed by atoms with E-state index >= 15 is 0 Å². The van der Waals surface area contributed by atoms with Crippen LogP contribution in [0.25, 0.3) is 22.2 Å². The molecule has 6 heteroatoms. The Morgan fingerprint density at radius 3 is 2.46 bits per heavy atom. The first kappa shape index (κ1) is 15.3. The van der Waals surface area contributed by atoms with Crippen molar-refractivity contribution in [3.8, 4) is 11.4 Å². The summed E-state index contributed by atoms with van der Waals surface area (Å²) in [5.74, 6) is 1.08. The third-order valence-corrected chi connectivity index (χ3v) is 5.29. The maximum absolute atomic E-state index is 13.2. The van der Waals surface area contributed by atoms with Crippen LogP contribution < -0.4 is 0 Å². The van der Waals surface area contributed by atoms with E-state index in [1.807, 2.05) is 12.1 Å². The Labute approximate surface area is 153 Å². The van der Waals surface area contributed by atoms with Crippen LogP contribution in [0.3, 0.4) is 0 Å². The minimum atomic E-state index is -0.276. The van der Waals surface area contributed by atoms with Crippen LogP contribution in [0.1, 0.15) is 5.56 Å². The molecule has 0 atom stereocenters. The molecule has 1 aliphatic heterocycles. The van der Waals surface area contributed by atoms with Crippen molar-refractivity contribution < 1.29 is 4.39 Å². The van der Waals surface area contributed by atoms with Crippen LogP contribution in [0, 0.1) is 5.82 Å². The molecular formula is C20H13FN4S. The molecule has 0 radical (unpaired) electrons. The van der Waals surface area contributed by atoms with E-state index < -0.39 is 0 Å². The summed E-state index contributed by atoms with van der Waals surface area (Å²) >= 11 is 1.60. The second-order valence-electron chi connectivity index (χ2n) is 6.02. The monoisotopic (exact) mass is 360 g/mol. The summed E-state index contributed by atoms with van der Waals surface area (Å²) in [4.78, 5) is 0. The van der Waals surface area contributed by atoms with E-state index in [2.05, 4.69) is 40.5 Å². The first-order chi connectivity index (χ1) is 12.8. The lowest BCUT2D eigenvalue weighted by atomic mass is 10.0. The molecule has 5 rings (SSSR count). The van der Waals surface area contributed by atoms with Gasteiger partial charge in [-0.1, -0.05) is 48.2 Å². The van der Waals surface area contributed by atoms with Crippen LogP contribution in [0.15, 0.2) is 77.0 Å². The molecule has 26 heavy (non-hydrogen) atoms. The highest BCUT2D eigenvalue weighted by atomic mass is 32.2.